The summed E-state index contributed by atoms with van der Waals surface area (Å²) < 4.78 is 5.86. The van der Waals surface area contributed by atoms with Crippen LogP contribution in [0.4, 0.5) is 0 Å². The van der Waals surface area contributed by atoms with E-state index in [1.54, 1.807) is 0 Å². The van der Waals surface area contributed by atoms with Gasteiger partial charge in [0.1, 0.15) is 5.75 Å². The second-order valence-electron chi connectivity index (χ2n) is 6.50. The van der Waals surface area contributed by atoms with Crippen LogP contribution in [0.5, 0.6) is 5.75 Å². The molecular weight excluding hydrogens is 246 g/mol. The lowest BCUT2D eigenvalue weighted by molar-refractivity contribution is 0.247. The second kappa shape index (κ2) is 6.62. The van der Waals surface area contributed by atoms with E-state index in [9.17, 15) is 0 Å². The standard InChI is InChI=1S/C18H27NO/c1-19-12-15-8-4-2-3-7-14(15)11-16-13-20-18-10-6-5-9-17(16)18/h5-6,9-10,14-16,19H,2-4,7-8,11-13H2,1H3. The van der Waals surface area contributed by atoms with E-state index >= 15 is 0 Å². The van der Waals surface area contributed by atoms with Crippen LogP contribution in [0.1, 0.15) is 50.0 Å². The number of para-hydroxylation sites is 1. The number of benzene rings is 1. The molecule has 1 saturated carbocycles. The van der Waals surface area contributed by atoms with Crippen molar-refractivity contribution in [3.63, 3.8) is 0 Å². The fourth-order valence-electron chi connectivity index (χ4n) is 4.09. The molecule has 0 aromatic heterocycles. The maximum Gasteiger partial charge on any atom is 0.122 e. The largest absolute Gasteiger partial charge is 0.493 e. The highest BCUT2D eigenvalue weighted by Crippen LogP contribution is 2.41. The van der Waals surface area contributed by atoms with Crippen LogP contribution in [0, 0.1) is 11.8 Å². The van der Waals surface area contributed by atoms with Crippen molar-refractivity contribution in [3.8, 4) is 5.75 Å². The van der Waals surface area contributed by atoms with Crippen molar-refractivity contribution in [1.29, 1.82) is 0 Å². The zero-order valence-electron chi connectivity index (χ0n) is 12.6. The van der Waals surface area contributed by atoms with Crippen molar-refractivity contribution >= 4 is 0 Å². The Morgan fingerprint density at radius 1 is 1.10 bits per heavy atom. The average molecular weight is 273 g/mol. The van der Waals surface area contributed by atoms with Crippen LogP contribution in [0.3, 0.4) is 0 Å². The number of hydrogen-bond acceptors (Lipinski definition) is 2. The molecule has 1 aliphatic heterocycles. The van der Waals surface area contributed by atoms with Crippen LogP contribution in [0.2, 0.25) is 0 Å². The molecule has 0 amide bonds. The van der Waals surface area contributed by atoms with E-state index in [1.807, 2.05) is 0 Å². The van der Waals surface area contributed by atoms with Crippen LogP contribution in [-0.2, 0) is 0 Å². The molecule has 1 aromatic rings. The third-order valence-electron chi connectivity index (χ3n) is 5.17. The minimum Gasteiger partial charge on any atom is -0.493 e. The Hall–Kier alpha value is -1.02. The molecule has 1 N–H and O–H groups in total. The minimum absolute atomic E-state index is 0.619. The Morgan fingerprint density at radius 3 is 2.75 bits per heavy atom. The van der Waals surface area contributed by atoms with Gasteiger partial charge in [0.2, 0.25) is 0 Å². The van der Waals surface area contributed by atoms with Gasteiger partial charge in [0, 0.05) is 11.5 Å². The summed E-state index contributed by atoms with van der Waals surface area (Å²) in [6.45, 7) is 2.07. The fraction of sp³-hybridized carbons (Fsp3) is 0.667. The summed E-state index contributed by atoms with van der Waals surface area (Å²) in [5.41, 5.74) is 1.44. The Kier molecular flexibility index (Phi) is 4.62. The first-order valence-corrected chi connectivity index (χ1v) is 8.25. The van der Waals surface area contributed by atoms with E-state index in [-0.39, 0.29) is 0 Å². The molecule has 3 rings (SSSR count). The van der Waals surface area contributed by atoms with Crippen LogP contribution < -0.4 is 10.1 Å². The van der Waals surface area contributed by atoms with Crippen LogP contribution in [0.15, 0.2) is 24.3 Å². The number of fused-ring (bicyclic) bond motifs is 1. The van der Waals surface area contributed by atoms with Crippen molar-refractivity contribution in [2.24, 2.45) is 11.8 Å². The highest BCUT2D eigenvalue weighted by Gasteiger charge is 2.30. The van der Waals surface area contributed by atoms with E-state index in [0.717, 1.165) is 24.2 Å². The van der Waals surface area contributed by atoms with Crippen LogP contribution >= 0.6 is 0 Å². The summed E-state index contributed by atoms with van der Waals surface area (Å²) in [5.74, 6) is 3.46. The Morgan fingerprint density at radius 2 is 1.90 bits per heavy atom. The first kappa shape index (κ1) is 13.9. The number of rotatable bonds is 4. The molecule has 0 bridgehead atoms. The average Bonchev–Trinajstić information content (AvgIpc) is 2.75. The molecule has 0 spiro atoms. The molecule has 1 aliphatic carbocycles. The van der Waals surface area contributed by atoms with Gasteiger partial charge < -0.3 is 10.1 Å². The van der Waals surface area contributed by atoms with Gasteiger partial charge in [0.25, 0.3) is 0 Å². The van der Waals surface area contributed by atoms with Gasteiger partial charge in [-0.15, -0.1) is 0 Å². The molecule has 0 saturated heterocycles. The van der Waals surface area contributed by atoms with Crippen molar-refractivity contribution in [2.75, 3.05) is 20.2 Å². The lowest BCUT2D eigenvalue weighted by Crippen LogP contribution is -2.26. The van der Waals surface area contributed by atoms with E-state index < -0.39 is 0 Å². The van der Waals surface area contributed by atoms with E-state index in [2.05, 4.69) is 36.6 Å². The van der Waals surface area contributed by atoms with Gasteiger partial charge in [-0.2, -0.15) is 0 Å². The van der Waals surface area contributed by atoms with Gasteiger partial charge in [-0.1, -0.05) is 43.9 Å². The van der Waals surface area contributed by atoms with Gasteiger partial charge in [0.05, 0.1) is 6.61 Å². The normalized spacial score (nSPS) is 29.6. The number of nitrogens with one attached hydrogen (secondary N) is 1. The van der Waals surface area contributed by atoms with Gasteiger partial charge in [-0.3, -0.25) is 0 Å². The summed E-state index contributed by atoms with van der Waals surface area (Å²) in [6.07, 6.45) is 8.38. The quantitative estimate of drug-likeness (QED) is 0.838. The zero-order valence-corrected chi connectivity index (χ0v) is 12.6. The third kappa shape index (κ3) is 3.01. The maximum absolute atomic E-state index is 5.86. The predicted octanol–water partition coefficient (Wildman–Crippen LogP) is 3.97. The van der Waals surface area contributed by atoms with Crippen molar-refractivity contribution in [3.05, 3.63) is 29.8 Å². The van der Waals surface area contributed by atoms with E-state index in [1.165, 1.54) is 50.6 Å². The SMILES string of the molecule is CNCC1CCCCCC1CC1COc2ccccc21. The summed E-state index contributed by atoms with van der Waals surface area (Å²) in [4.78, 5) is 0. The molecule has 1 fully saturated rings. The van der Waals surface area contributed by atoms with Gasteiger partial charge in [-0.25, -0.2) is 0 Å². The van der Waals surface area contributed by atoms with Gasteiger partial charge in [0.15, 0.2) is 0 Å². The molecule has 3 unspecified atom stereocenters. The molecule has 0 radical (unpaired) electrons. The highest BCUT2D eigenvalue weighted by atomic mass is 16.5. The Bertz CT molecular complexity index is 431. The maximum atomic E-state index is 5.86. The first-order valence-electron chi connectivity index (χ1n) is 8.25. The monoisotopic (exact) mass is 273 g/mol. The lowest BCUT2D eigenvalue weighted by Gasteiger charge is -2.27. The highest BCUT2D eigenvalue weighted by molar-refractivity contribution is 5.39. The Balaban J connectivity index is 1.69. The Labute approximate surface area is 122 Å². The van der Waals surface area contributed by atoms with Crippen molar-refractivity contribution in [1.82, 2.24) is 5.32 Å². The third-order valence-corrected chi connectivity index (χ3v) is 5.17. The molecule has 3 atom stereocenters. The van der Waals surface area contributed by atoms with E-state index in [4.69, 9.17) is 4.74 Å². The molecule has 110 valence electrons. The molecule has 2 nitrogen and oxygen atoms in total. The molecule has 2 heteroatoms. The summed E-state index contributed by atoms with van der Waals surface area (Å²) in [5, 5.41) is 3.41. The summed E-state index contributed by atoms with van der Waals surface area (Å²) >= 11 is 0. The molecule has 1 aromatic carbocycles. The summed E-state index contributed by atoms with van der Waals surface area (Å²) in [7, 11) is 2.09. The molecular formula is C18H27NO. The topological polar surface area (TPSA) is 21.3 Å². The zero-order chi connectivity index (χ0) is 13.8. The first-order chi connectivity index (χ1) is 9.88. The smallest absolute Gasteiger partial charge is 0.122 e. The molecule has 2 aliphatic rings. The van der Waals surface area contributed by atoms with Crippen molar-refractivity contribution < 1.29 is 4.74 Å². The van der Waals surface area contributed by atoms with E-state index in [0.29, 0.717) is 5.92 Å². The molecule has 20 heavy (non-hydrogen) atoms. The van der Waals surface area contributed by atoms with Gasteiger partial charge in [-0.05, 0) is 44.3 Å². The summed E-state index contributed by atoms with van der Waals surface area (Å²) in [6, 6.07) is 8.61. The lowest BCUT2D eigenvalue weighted by atomic mass is 9.80. The number of ether oxygens (including phenoxy) is 1. The predicted molar refractivity (Wildman–Crippen MR) is 83.3 cm³/mol. The van der Waals surface area contributed by atoms with Crippen LogP contribution in [-0.4, -0.2) is 20.2 Å². The number of hydrogen-bond donors (Lipinski definition) is 1. The van der Waals surface area contributed by atoms with Gasteiger partial charge >= 0.3 is 0 Å². The van der Waals surface area contributed by atoms with Crippen LogP contribution in [0.25, 0.3) is 0 Å². The fourth-order valence-corrected chi connectivity index (χ4v) is 4.09. The second-order valence-corrected chi connectivity index (χ2v) is 6.50. The van der Waals surface area contributed by atoms with Crippen molar-refractivity contribution in [2.45, 2.75) is 44.4 Å². The minimum atomic E-state index is 0.619. The molecule has 1 heterocycles.